The van der Waals surface area contributed by atoms with Gasteiger partial charge in [0, 0.05) is 11.8 Å². The van der Waals surface area contributed by atoms with Crippen LogP contribution in [0.5, 0.6) is 5.75 Å². The van der Waals surface area contributed by atoms with Crippen molar-refractivity contribution in [2.75, 3.05) is 11.5 Å². The van der Waals surface area contributed by atoms with Crippen molar-refractivity contribution in [1.29, 1.82) is 0 Å². The first-order chi connectivity index (χ1) is 7.34. The molecule has 0 bridgehead atoms. The molecule has 15 heavy (non-hydrogen) atoms. The van der Waals surface area contributed by atoms with Gasteiger partial charge in [-0.15, -0.1) is 0 Å². The monoisotopic (exact) mass is 223 g/mol. The lowest BCUT2D eigenvalue weighted by atomic mass is 10.3. The number of hydrogen-bond acceptors (Lipinski definition) is 3. The maximum atomic E-state index is 11.4. The Bertz CT molecular complexity index is 323. The molecule has 1 amide bonds. The van der Waals surface area contributed by atoms with Gasteiger partial charge in [-0.1, -0.05) is 18.2 Å². The highest BCUT2D eigenvalue weighted by atomic mass is 32.2. The lowest BCUT2D eigenvalue weighted by Gasteiger charge is -2.10. The van der Waals surface area contributed by atoms with Crippen molar-refractivity contribution >= 4 is 17.9 Å². The molecule has 1 aliphatic heterocycles. The molecule has 1 N–H and O–H groups in total. The summed E-state index contributed by atoms with van der Waals surface area (Å²) in [5, 5.41) is 2.85. The standard InChI is InChI=1S/C11H13NO2S/c13-11(12-9-6-7-15-8-9)14-10-4-2-1-3-5-10/h1-5,9H,6-8H2,(H,12,13). The average molecular weight is 223 g/mol. The number of benzene rings is 1. The van der Waals surface area contributed by atoms with E-state index in [4.69, 9.17) is 4.74 Å². The number of rotatable bonds is 2. The van der Waals surface area contributed by atoms with E-state index in [1.165, 1.54) is 0 Å². The maximum Gasteiger partial charge on any atom is 0.412 e. The highest BCUT2D eigenvalue weighted by molar-refractivity contribution is 7.99. The molecule has 4 heteroatoms. The zero-order valence-electron chi connectivity index (χ0n) is 8.31. The Morgan fingerprint density at radius 1 is 1.40 bits per heavy atom. The van der Waals surface area contributed by atoms with Crippen molar-refractivity contribution < 1.29 is 9.53 Å². The summed E-state index contributed by atoms with van der Waals surface area (Å²) in [5.74, 6) is 2.70. The third kappa shape index (κ3) is 3.16. The van der Waals surface area contributed by atoms with Crippen molar-refractivity contribution in [3.63, 3.8) is 0 Å². The van der Waals surface area contributed by atoms with Crippen LogP contribution in [-0.4, -0.2) is 23.6 Å². The lowest BCUT2D eigenvalue weighted by molar-refractivity contribution is 0.197. The number of para-hydroxylation sites is 1. The summed E-state index contributed by atoms with van der Waals surface area (Å²) in [4.78, 5) is 11.4. The third-order valence-electron chi connectivity index (χ3n) is 2.21. The number of thioether (sulfide) groups is 1. The van der Waals surface area contributed by atoms with Crippen molar-refractivity contribution in [1.82, 2.24) is 5.32 Å². The predicted molar refractivity (Wildman–Crippen MR) is 61.3 cm³/mol. The fourth-order valence-corrected chi connectivity index (χ4v) is 2.59. The van der Waals surface area contributed by atoms with E-state index in [9.17, 15) is 4.79 Å². The lowest BCUT2D eigenvalue weighted by Crippen LogP contribution is -2.36. The second kappa shape index (κ2) is 5.07. The zero-order valence-corrected chi connectivity index (χ0v) is 9.13. The second-order valence-corrected chi connectivity index (χ2v) is 4.56. The Balaban J connectivity index is 1.82. The quantitative estimate of drug-likeness (QED) is 0.836. The van der Waals surface area contributed by atoms with Crippen molar-refractivity contribution in [2.45, 2.75) is 12.5 Å². The fourth-order valence-electron chi connectivity index (χ4n) is 1.44. The van der Waals surface area contributed by atoms with Gasteiger partial charge in [-0.2, -0.15) is 11.8 Å². The average Bonchev–Trinajstić information content (AvgIpc) is 2.71. The zero-order chi connectivity index (χ0) is 10.5. The van der Waals surface area contributed by atoms with Crippen LogP contribution in [0.2, 0.25) is 0 Å². The van der Waals surface area contributed by atoms with Crippen LogP contribution in [0.3, 0.4) is 0 Å². The Hall–Kier alpha value is -1.16. The number of hydrogen-bond donors (Lipinski definition) is 1. The minimum Gasteiger partial charge on any atom is -0.410 e. The molecular weight excluding hydrogens is 210 g/mol. The Morgan fingerprint density at radius 3 is 2.87 bits per heavy atom. The molecule has 1 aromatic rings. The van der Waals surface area contributed by atoms with Crippen LogP contribution in [0.1, 0.15) is 6.42 Å². The summed E-state index contributed by atoms with van der Waals surface area (Å²) in [7, 11) is 0. The van der Waals surface area contributed by atoms with Crippen LogP contribution in [0, 0.1) is 0 Å². The van der Waals surface area contributed by atoms with Crippen LogP contribution < -0.4 is 10.1 Å². The summed E-state index contributed by atoms with van der Waals surface area (Å²) in [6.45, 7) is 0. The van der Waals surface area contributed by atoms with E-state index in [-0.39, 0.29) is 12.1 Å². The van der Waals surface area contributed by atoms with Crippen LogP contribution in [0.4, 0.5) is 4.79 Å². The molecule has 0 aromatic heterocycles. The predicted octanol–water partition coefficient (Wildman–Crippen LogP) is 2.28. The highest BCUT2D eigenvalue weighted by Crippen LogP contribution is 2.17. The Morgan fingerprint density at radius 2 is 2.20 bits per heavy atom. The first-order valence-corrected chi connectivity index (χ1v) is 6.11. The first-order valence-electron chi connectivity index (χ1n) is 4.96. The van der Waals surface area contributed by atoms with E-state index in [1.807, 2.05) is 30.0 Å². The van der Waals surface area contributed by atoms with Crippen molar-refractivity contribution in [3.8, 4) is 5.75 Å². The minimum atomic E-state index is -0.353. The van der Waals surface area contributed by atoms with Crippen molar-refractivity contribution in [3.05, 3.63) is 30.3 Å². The molecule has 1 saturated heterocycles. The summed E-state index contributed by atoms with van der Waals surface area (Å²) in [6, 6.07) is 9.37. The van der Waals surface area contributed by atoms with E-state index in [1.54, 1.807) is 12.1 Å². The van der Waals surface area contributed by atoms with Gasteiger partial charge >= 0.3 is 6.09 Å². The minimum absolute atomic E-state index is 0.270. The van der Waals surface area contributed by atoms with E-state index >= 15 is 0 Å². The second-order valence-electron chi connectivity index (χ2n) is 3.41. The molecule has 1 heterocycles. The molecule has 1 fully saturated rings. The van der Waals surface area contributed by atoms with Gasteiger partial charge in [0.1, 0.15) is 5.75 Å². The Labute approximate surface area is 93.2 Å². The molecule has 0 radical (unpaired) electrons. The topological polar surface area (TPSA) is 38.3 Å². The molecule has 2 rings (SSSR count). The summed E-state index contributed by atoms with van der Waals surface area (Å²) < 4.78 is 5.12. The highest BCUT2D eigenvalue weighted by Gasteiger charge is 2.18. The van der Waals surface area contributed by atoms with Gasteiger partial charge in [0.25, 0.3) is 0 Å². The Kier molecular flexibility index (Phi) is 3.50. The van der Waals surface area contributed by atoms with Crippen LogP contribution in [-0.2, 0) is 0 Å². The number of carbonyl (C=O) groups excluding carboxylic acids is 1. The summed E-state index contributed by atoms with van der Waals surface area (Å²) >= 11 is 1.86. The van der Waals surface area contributed by atoms with Gasteiger partial charge in [-0.3, -0.25) is 0 Å². The van der Waals surface area contributed by atoms with Gasteiger partial charge in [0.05, 0.1) is 0 Å². The maximum absolute atomic E-state index is 11.4. The van der Waals surface area contributed by atoms with E-state index in [0.717, 1.165) is 17.9 Å². The summed E-state index contributed by atoms with van der Waals surface area (Å²) in [6.07, 6.45) is 0.683. The molecule has 0 spiro atoms. The smallest absolute Gasteiger partial charge is 0.410 e. The number of nitrogens with one attached hydrogen (secondary N) is 1. The molecule has 1 atom stereocenters. The number of amides is 1. The SMILES string of the molecule is O=C(NC1CCSC1)Oc1ccccc1. The normalized spacial score (nSPS) is 19.9. The van der Waals surface area contributed by atoms with E-state index in [2.05, 4.69) is 5.32 Å². The van der Waals surface area contributed by atoms with Gasteiger partial charge in [0.2, 0.25) is 0 Å². The molecule has 0 saturated carbocycles. The molecule has 1 aliphatic rings. The van der Waals surface area contributed by atoms with Crippen LogP contribution in [0.25, 0.3) is 0 Å². The molecule has 1 aromatic carbocycles. The largest absolute Gasteiger partial charge is 0.412 e. The van der Waals surface area contributed by atoms with Gasteiger partial charge < -0.3 is 10.1 Å². The number of ether oxygens (including phenoxy) is 1. The third-order valence-corrected chi connectivity index (χ3v) is 3.37. The molecule has 0 aliphatic carbocycles. The van der Waals surface area contributed by atoms with Crippen molar-refractivity contribution in [2.24, 2.45) is 0 Å². The number of carbonyl (C=O) groups is 1. The van der Waals surface area contributed by atoms with Crippen LogP contribution in [0.15, 0.2) is 30.3 Å². The molecule has 1 unspecified atom stereocenters. The van der Waals surface area contributed by atoms with Gasteiger partial charge in [0.15, 0.2) is 0 Å². The summed E-state index contributed by atoms with van der Waals surface area (Å²) in [5.41, 5.74) is 0. The molecular formula is C11H13NO2S. The first kappa shape index (κ1) is 10.4. The molecule has 80 valence electrons. The van der Waals surface area contributed by atoms with Gasteiger partial charge in [-0.25, -0.2) is 4.79 Å². The van der Waals surface area contributed by atoms with E-state index in [0.29, 0.717) is 5.75 Å². The van der Waals surface area contributed by atoms with Gasteiger partial charge in [-0.05, 0) is 24.3 Å². The fraction of sp³-hybridized carbons (Fsp3) is 0.364. The van der Waals surface area contributed by atoms with Crippen LogP contribution >= 0.6 is 11.8 Å². The molecule has 3 nitrogen and oxygen atoms in total. The van der Waals surface area contributed by atoms with E-state index < -0.39 is 0 Å².